The number of hydrogen-bond donors (Lipinski definition) is 0. The zero-order valence-corrected chi connectivity index (χ0v) is 24.4. The van der Waals surface area contributed by atoms with Crippen LogP contribution in [0.2, 0.25) is 0 Å². The molecule has 40 heavy (non-hydrogen) atoms. The third kappa shape index (κ3) is 7.57. The molecule has 2 aromatic carbocycles. The smallest absolute Gasteiger partial charge is 0.414 e. The van der Waals surface area contributed by atoms with Crippen LogP contribution in [-0.2, 0) is 30.8 Å². The number of hydrogen-bond acceptors (Lipinski definition) is 8. The van der Waals surface area contributed by atoms with Crippen molar-refractivity contribution in [3.8, 4) is 5.75 Å². The van der Waals surface area contributed by atoms with E-state index in [1.807, 2.05) is 0 Å². The molecule has 1 aliphatic rings. The Morgan fingerprint density at radius 1 is 1.05 bits per heavy atom. The van der Waals surface area contributed by atoms with E-state index in [0.29, 0.717) is 29.3 Å². The summed E-state index contributed by atoms with van der Waals surface area (Å²) in [4.78, 5) is 42.1. The highest BCUT2D eigenvalue weighted by Gasteiger charge is 2.45. The molecule has 10 nitrogen and oxygen atoms in total. The molecule has 0 bridgehead atoms. The van der Waals surface area contributed by atoms with Crippen LogP contribution in [0.4, 0.5) is 9.18 Å². The van der Waals surface area contributed by atoms with Gasteiger partial charge in [-0.1, -0.05) is 12.1 Å². The Hall–Kier alpha value is -3.51. The molecule has 2 amide bonds. The van der Waals surface area contributed by atoms with Crippen LogP contribution in [0.15, 0.2) is 53.4 Å². The normalized spacial score (nSPS) is 16.7. The Bertz CT molecular complexity index is 1320. The van der Waals surface area contributed by atoms with E-state index in [2.05, 4.69) is 0 Å². The first-order valence-electron chi connectivity index (χ1n) is 12.8. The van der Waals surface area contributed by atoms with Crippen LogP contribution in [0, 0.1) is 5.82 Å². The van der Waals surface area contributed by atoms with Gasteiger partial charge in [0.05, 0.1) is 10.9 Å². The highest BCUT2D eigenvalue weighted by Crippen LogP contribution is 2.28. The van der Waals surface area contributed by atoms with Gasteiger partial charge in [0.15, 0.2) is 0 Å². The van der Waals surface area contributed by atoms with Gasteiger partial charge >= 0.3 is 12.1 Å². The van der Waals surface area contributed by atoms with Gasteiger partial charge in [0.1, 0.15) is 23.2 Å². The van der Waals surface area contributed by atoms with Crippen molar-refractivity contribution in [1.29, 1.82) is 0 Å². The standard InChI is InChI=1S/C28H36FN3O7S/c1-28(2,3)39-26(34)24(18-19-9-13-21(14-10-19)38-27(35)30(4)5)32(25(33)23-8-7-17-31(23)6)40(36,37)22-15-11-20(29)12-16-22/h9-16,23-24H,7-8,17-18H2,1-6H3/t23-,24+/m0/s1. The zero-order chi connectivity index (χ0) is 29.8. The van der Waals surface area contributed by atoms with Gasteiger partial charge in [-0.05, 0) is 89.2 Å². The number of ether oxygens (including phenoxy) is 2. The minimum atomic E-state index is -4.62. The number of likely N-dealkylation sites (N-methyl/N-ethyl adjacent to an activating group) is 1. The van der Waals surface area contributed by atoms with Crippen LogP contribution in [0.25, 0.3) is 0 Å². The summed E-state index contributed by atoms with van der Waals surface area (Å²) in [6.45, 7) is 5.51. The molecule has 1 aliphatic heterocycles. The topological polar surface area (TPSA) is 114 Å². The van der Waals surface area contributed by atoms with E-state index in [4.69, 9.17) is 9.47 Å². The number of amides is 2. The van der Waals surface area contributed by atoms with Crippen LogP contribution in [0.5, 0.6) is 5.75 Å². The van der Waals surface area contributed by atoms with Gasteiger partial charge < -0.3 is 14.4 Å². The van der Waals surface area contributed by atoms with E-state index in [0.717, 1.165) is 24.3 Å². The van der Waals surface area contributed by atoms with Gasteiger partial charge in [0.25, 0.3) is 15.9 Å². The maximum absolute atomic E-state index is 14.0. The molecular formula is C28H36FN3O7S. The van der Waals surface area contributed by atoms with E-state index in [9.17, 15) is 27.2 Å². The highest BCUT2D eigenvalue weighted by molar-refractivity contribution is 7.89. The first-order valence-corrected chi connectivity index (χ1v) is 14.3. The van der Waals surface area contributed by atoms with Crippen LogP contribution in [0.1, 0.15) is 39.2 Å². The van der Waals surface area contributed by atoms with Crippen molar-refractivity contribution in [3.05, 3.63) is 59.9 Å². The monoisotopic (exact) mass is 577 g/mol. The summed E-state index contributed by atoms with van der Waals surface area (Å²) < 4.78 is 53.1. The van der Waals surface area contributed by atoms with Crippen molar-refractivity contribution in [2.24, 2.45) is 0 Å². The van der Waals surface area contributed by atoms with Gasteiger partial charge in [-0.15, -0.1) is 0 Å². The first kappa shape index (κ1) is 31.0. The molecular weight excluding hydrogens is 541 g/mol. The molecule has 2 atom stereocenters. The third-order valence-electron chi connectivity index (χ3n) is 6.28. The molecule has 3 rings (SSSR count). The lowest BCUT2D eigenvalue weighted by atomic mass is 10.0. The summed E-state index contributed by atoms with van der Waals surface area (Å²) in [6, 6.07) is 7.91. The number of carbonyl (C=O) groups excluding carboxylic acids is 3. The lowest BCUT2D eigenvalue weighted by Gasteiger charge is -2.34. The van der Waals surface area contributed by atoms with Crippen LogP contribution in [-0.4, -0.2) is 85.9 Å². The zero-order valence-electron chi connectivity index (χ0n) is 23.6. The van der Waals surface area contributed by atoms with E-state index in [1.54, 1.807) is 44.9 Å². The van der Waals surface area contributed by atoms with Crippen LogP contribution < -0.4 is 4.74 Å². The fourth-order valence-corrected chi connectivity index (χ4v) is 5.83. The maximum atomic E-state index is 14.0. The second kappa shape index (κ2) is 12.3. The average molecular weight is 578 g/mol. The number of likely N-dealkylation sites (tertiary alicyclic amines) is 1. The van der Waals surface area contributed by atoms with Gasteiger partial charge in [-0.3, -0.25) is 9.69 Å². The highest BCUT2D eigenvalue weighted by atomic mass is 32.2. The maximum Gasteiger partial charge on any atom is 0.414 e. The van der Waals surface area contributed by atoms with E-state index >= 15 is 0 Å². The lowest BCUT2D eigenvalue weighted by molar-refractivity contribution is -0.162. The molecule has 0 saturated carbocycles. The van der Waals surface area contributed by atoms with Gasteiger partial charge in [-0.25, -0.2) is 26.7 Å². The van der Waals surface area contributed by atoms with Crippen LogP contribution in [0.3, 0.4) is 0 Å². The third-order valence-corrected chi connectivity index (χ3v) is 8.10. The number of esters is 1. The summed E-state index contributed by atoms with van der Waals surface area (Å²) in [7, 11) is 0.178. The second-order valence-electron chi connectivity index (χ2n) is 10.9. The number of carbonyl (C=O) groups is 3. The Kier molecular flexibility index (Phi) is 9.57. The largest absolute Gasteiger partial charge is 0.458 e. The fourth-order valence-electron chi connectivity index (χ4n) is 4.27. The quantitative estimate of drug-likeness (QED) is 0.439. The van der Waals surface area contributed by atoms with Crippen molar-refractivity contribution in [2.45, 2.75) is 62.6 Å². The number of halogens is 1. The van der Waals surface area contributed by atoms with Crippen molar-refractivity contribution in [1.82, 2.24) is 14.1 Å². The predicted molar refractivity (Wildman–Crippen MR) is 146 cm³/mol. The molecule has 1 fully saturated rings. The predicted octanol–water partition coefficient (Wildman–Crippen LogP) is 3.45. The van der Waals surface area contributed by atoms with E-state index in [-0.39, 0.29) is 17.1 Å². The SMILES string of the molecule is CN(C)C(=O)Oc1ccc(C[C@H](C(=O)OC(C)(C)C)N(C(=O)[C@@H]2CCCN2C)S(=O)(=O)c2ccc(F)cc2)cc1. The minimum absolute atomic E-state index is 0.209. The fraction of sp³-hybridized carbons (Fsp3) is 0.464. The molecule has 1 saturated heterocycles. The van der Waals surface area contributed by atoms with Gasteiger partial charge in [0.2, 0.25) is 0 Å². The summed E-state index contributed by atoms with van der Waals surface area (Å²) in [5.74, 6) is -2.08. The molecule has 0 aliphatic carbocycles. The molecule has 0 spiro atoms. The second-order valence-corrected chi connectivity index (χ2v) is 12.7. The Morgan fingerprint density at radius 2 is 1.65 bits per heavy atom. The van der Waals surface area contributed by atoms with Crippen molar-refractivity contribution in [3.63, 3.8) is 0 Å². The van der Waals surface area contributed by atoms with E-state index in [1.165, 1.54) is 31.1 Å². The lowest BCUT2D eigenvalue weighted by Crippen LogP contribution is -2.55. The molecule has 218 valence electrons. The van der Waals surface area contributed by atoms with Crippen molar-refractivity contribution >= 4 is 28.0 Å². The molecule has 12 heteroatoms. The molecule has 0 aromatic heterocycles. The minimum Gasteiger partial charge on any atom is -0.458 e. The van der Waals surface area contributed by atoms with Crippen molar-refractivity contribution in [2.75, 3.05) is 27.7 Å². The van der Waals surface area contributed by atoms with Crippen LogP contribution >= 0.6 is 0 Å². The number of sulfonamides is 1. The van der Waals surface area contributed by atoms with Crippen molar-refractivity contribution < 1.29 is 36.7 Å². The molecule has 0 N–H and O–H groups in total. The Labute approximate surface area is 234 Å². The van der Waals surface area contributed by atoms with E-state index < -0.39 is 51.5 Å². The summed E-state index contributed by atoms with van der Waals surface area (Å²) >= 11 is 0. The Balaban J connectivity index is 2.09. The molecule has 1 heterocycles. The number of nitrogens with zero attached hydrogens (tertiary/aromatic N) is 3. The molecule has 2 aromatic rings. The first-order chi connectivity index (χ1) is 18.6. The number of benzene rings is 2. The Morgan fingerprint density at radius 3 is 2.15 bits per heavy atom. The van der Waals surface area contributed by atoms with Gasteiger partial charge in [-0.2, -0.15) is 0 Å². The van der Waals surface area contributed by atoms with Gasteiger partial charge in [0, 0.05) is 20.5 Å². The molecule has 0 unspecified atom stereocenters. The number of rotatable bonds is 8. The molecule has 0 radical (unpaired) electrons. The average Bonchev–Trinajstić information content (AvgIpc) is 3.29. The summed E-state index contributed by atoms with van der Waals surface area (Å²) in [5, 5.41) is 0. The summed E-state index contributed by atoms with van der Waals surface area (Å²) in [6.07, 6.45) is 0.306. The summed E-state index contributed by atoms with van der Waals surface area (Å²) in [5.41, 5.74) is -0.481.